The molecule has 72 valence electrons. The van der Waals surface area contributed by atoms with Crippen LogP contribution in [-0.2, 0) is 0 Å². The van der Waals surface area contributed by atoms with E-state index in [1.54, 1.807) is 30.5 Å². The molecule has 0 aliphatic heterocycles. The zero-order valence-corrected chi connectivity index (χ0v) is 7.94. The van der Waals surface area contributed by atoms with Gasteiger partial charge in [-0.25, -0.2) is 4.39 Å². The Hall–Kier alpha value is -2.14. The Morgan fingerprint density at radius 3 is 2.67 bits per heavy atom. The molecule has 1 nitrogen and oxygen atoms in total. The van der Waals surface area contributed by atoms with Gasteiger partial charge in [-0.2, -0.15) is 0 Å². The molecule has 0 N–H and O–H groups in total. The molecule has 0 saturated carbocycles. The SMILES string of the molecule is C#Cc1ccc(-c2cccc(F)c2)nc1. The molecule has 0 aliphatic carbocycles. The molecule has 1 heterocycles. The second-order valence-electron chi connectivity index (χ2n) is 3.09. The summed E-state index contributed by atoms with van der Waals surface area (Å²) in [6.45, 7) is 0. The highest BCUT2D eigenvalue weighted by Crippen LogP contribution is 2.17. The van der Waals surface area contributed by atoms with Gasteiger partial charge in [-0.3, -0.25) is 4.98 Å². The number of benzene rings is 1. The highest BCUT2D eigenvalue weighted by Gasteiger charge is 1.99. The van der Waals surface area contributed by atoms with Gasteiger partial charge >= 0.3 is 0 Å². The van der Waals surface area contributed by atoms with Crippen LogP contribution in [0.2, 0.25) is 0 Å². The Labute approximate surface area is 87.6 Å². The van der Waals surface area contributed by atoms with E-state index in [1.807, 2.05) is 0 Å². The topological polar surface area (TPSA) is 12.9 Å². The Morgan fingerprint density at radius 2 is 2.07 bits per heavy atom. The second-order valence-corrected chi connectivity index (χ2v) is 3.09. The van der Waals surface area contributed by atoms with Gasteiger partial charge in [0.15, 0.2) is 0 Å². The van der Waals surface area contributed by atoms with Crippen LogP contribution < -0.4 is 0 Å². The number of nitrogens with zero attached hydrogens (tertiary/aromatic N) is 1. The summed E-state index contributed by atoms with van der Waals surface area (Å²) in [4.78, 5) is 4.15. The summed E-state index contributed by atoms with van der Waals surface area (Å²) in [5.41, 5.74) is 2.18. The summed E-state index contributed by atoms with van der Waals surface area (Å²) in [5.74, 6) is 2.21. The maximum absolute atomic E-state index is 12.9. The number of hydrogen-bond acceptors (Lipinski definition) is 1. The molecule has 2 heteroatoms. The Morgan fingerprint density at radius 1 is 1.20 bits per heavy atom. The summed E-state index contributed by atoms with van der Waals surface area (Å²) in [5, 5.41) is 0. The lowest BCUT2D eigenvalue weighted by Gasteiger charge is -2.00. The van der Waals surface area contributed by atoms with Crippen molar-refractivity contribution in [1.82, 2.24) is 4.98 Å². The lowest BCUT2D eigenvalue weighted by Crippen LogP contribution is -1.85. The minimum absolute atomic E-state index is 0.268. The molecule has 0 saturated heterocycles. The normalized spacial score (nSPS) is 9.60. The van der Waals surface area contributed by atoms with E-state index >= 15 is 0 Å². The molecule has 0 atom stereocenters. The summed E-state index contributed by atoms with van der Waals surface area (Å²) in [6.07, 6.45) is 6.81. The minimum Gasteiger partial charge on any atom is -0.255 e. The zero-order chi connectivity index (χ0) is 10.7. The van der Waals surface area contributed by atoms with Gasteiger partial charge in [-0.05, 0) is 24.3 Å². The lowest BCUT2D eigenvalue weighted by atomic mass is 10.1. The van der Waals surface area contributed by atoms with Crippen molar-refractivity contribution in [3.8, 4) is 23.6 Å². The molecule has 0 aliphatic rings. The Balaban J connectivity index is 2.42. The van der Waals surface area contributed by atoms with E-state index in [2.05, 4.69) is 10.9 Å². The number of rotatable bonds is 1. The molecule has 15 heavy (non-hydrogen) atoms. The molecular formula is C13H8FN. The van der Waals surface area contributed by atoms with Crippen molar-refractivity contribution in [2.75, 3.05) is 0 Å². The fourth-order valence-electron chi connectivity index (χ4n) is 1.30. The number of pyridine rings is 1. The first-order valence-electron chi connectivity index (χ1n) is 4.48. The van der Waals surface area contributed by atoms with E-state index in [4.69, 9.17) is 6.42 Å². The van der Waals surface area contributed by atoms with Crippen LogP contribution in [0.25, 0.3) is 11.3 Å². The van der Waals surface area contributed by atoms with Crippen LogP contribution in [-0.4, -0.2) is 4.98 Å². The summed E-state index contributed by atoms with van der Waals surface area (Å²) in [7, 11) is 0. The number of hydrogen-bond donors (Lipinski definition) is 0. The average molecular weight is 197 g/mol. The van der Waals surface area contributed by atoms with Crippen molar-refractivity contribution < 1.29 is 4.39 Å². The maximum Gasteiger partial charge on any atom is 0.123 e. The monoisotopic (exact) mass is 197 g/mol. The first-order chi connectivity index (χ1) is 7.29. The number of halogens is 1. The smallest absolute Gasteiger partial charge is 0.123 e. The average Bonchev–Trinajstić information content (AvgIpc) is 2.29. The summed E-state index contributed by atoms with van der Waals surface area (Å²) in [6, 6.07) is 9.87. The molecule has 0 radical (unpaired) electrons. The van der Waals surface area contributed by atoms with Gasteiger partial charge in [0.2, 0.25) is 0 Å². The molecule has 0 amide bonds. The molecule has 2 aromatic rings. The standard InChI is InChI=1S/C13H8FN/c1-2-10-6-7-13(15-9-10)11-4-3-5-12(14)8-11/h1,3-9H. The molecule has 0 spiro atoms. The predicted molar refractivity (Wildman–Crippen MR) is 57.6 cm³/mol. The molecule has 0 unspecified atom stereocenters. The number of aromatic nitrogens is 1. The largest absolute Gasteiger partial charge is 0.255 e. The van der Waals surface area contributed by atoms with E-state index in [0.717, 1.165) is 11.1 Å². The summed E-state index contributed by atoms with van der Waals surface area (Å²) >= 11 is 0. The first kappa shape index (κ1) is 9.42. The molecule has 0 bridgehead atoms. The summed E-state index contributed by atoms with van der Waals surface area (Å²) < 4.78 is 12.9. The second kappa shape index (κ2) is 3.93. The van der Waals surface area contributed by atoms with Crippen LogP contribution in [0.3, 0.4) is 0 Å². The molecule has 1 aromatic carbocycles. The fraction of sp³-hybridized carbons (Fsp3) is 0. The van der Waals surface area contributed by atoms with E-state index in [9.17, 15) is 4.39 Å². The third-order valence-electron chi connectivity index (χ3n) is 2.05. The highest BCUT2D eigenvalue weighted by atomic mass is 19.1. The van der Waals surface area contributed by atoms with Gasteiger partial charge in [-0.1, -0.05) is 18.1 Å². The predicted octanol–water partition coefficient (Wildman–Crippen LogP) is 2.87. The molecule has 1 aromatic heterocycles. The third kappa shape index (κ3) is 2.03. The maximum atomic E-state index is 12.9. The van der Waals surface area contributed by atoms with Crippen LogP contribution in [0.5, 0.6) is 0 Å². The van der Waals surface area contributed by atoms with E-state index in [1.165, 1.54) is 12.1 Å². The van der Waals surface area contributed by atoms with Gasteiger partial charge in [-0.15, -0.1) is 6.42 Å². The van der Waals surface area contributed by atoms with Gasteiger partial charge in [0.1, 0.15) is 5.82 Å². The van der Waals surface area contributed by atoms with Crippen LogP contribution in [0.4, 0.5) is 4.39 Å². The highest BCUT2D eigenvalue weighted by molar-refractivity contribution is 5.59. The lowest BCUT2D eigenvalue weighted by molar-refractivity contribution is 0.628. The van der Waals surface area contributed by atoms with Crippen molar-refractivity contribution in [3.05, 3.63) is 54.0 Å². The van der Waals surface area contributed by atoms with Crippen molar-refractivity contribution in [1.29, 1.82) is 0 Å². The van der Waals surface area contributed by atoms with Gasteiger partial charge < -0.3 is 0 Å². The molecular weight excluding hydrogens is 189 g/mol. The van der Waals surface area contributed by atoms with Crippen LogP contribution in [0.15, 0.2) is 42.6 Å². The Kier molecular flexibility index (Phi) is 2.47. The quantitative estimate of drug-likeness (QED) is 0.640. The third-order valence-corrected chi connectivity index (χ3v) is 2.05. The van der Waals surface area contributed by atoms with E-state index in [0.29, 0.717) is 5.69 Å². The first-order valence-corrected chi connectivity index (χ1v) is 4.48. The molecule has 2 rings (SSSR count). The van der Waals surface area contributed by atoms with Crippen molar-refractivity contribution >= 4 is 0 Å². The Bertz CT molecular complexity index is 509. The van der Waals surface area contributed by atoms with Gasteiger partial charge in [0, 0.05) is 17.3 Å². The van der Waals surface area contributed by atoms with Gasteiger partial charge in [0.05, 0.1) is 5.69 Å². The zero-order valence-electron chi connectivity index (χ0n) is 7.94. The van der Waals surface area contributed by atoms with Crippen molar-refractivity contribution in [2.24, 2.45) is 0 Å². The van der Waals surface area contributed by atoms with E-state index in [-0.39, 0.29) is 5.82 Å². The number of terminal acetylenes is 1. The van der Waals surface area contributed by atoms with Crippen LogP contribution >= 0.6 is 0 Å². The van der Waals surface area contributed by atoms with Crippen LogP contribution in [0, 0.1) is 18.2 Å². The van der Waals surface area contributed by atoms with E-state index < -0.39 is 0 Å². The van der Waals surface area contributed by atoms with Crippen LogP contribution in [0.1, 0.15) is 5.56 Å². The van der Waals surface area contributed by atoms with Crippen molar-refractivity contribution in [2.45, 2.75) is 0 Å². The minimum atomic E-state index is -0.268. The van der Waals surface area contributed by atoms with Crippen molar-refractivity contribution in [3.63, 3.8) is 0 Å². The van der Waals surface area contributed by atoms with Gasteiger partial charge in [0.25, 0.3) is 0 Å². The fourth-order valence-corrected chi connectivity index (χ4v) is 1.30. The molecule has 0 fully saturated rings.